The van der Waals surface area contributed by atoms with Crippen molar-refractivity contribution in [2.45, 2.75) is 40.3 Å². The van der Waals surface area contributed by atoms with E-state index in [0.29, 0.717) is 6.54 Å². The maximum absolute atomic E-state index is 11.6. The second-order valence-electron chi connectivity index (χ2n) is 5.32. The Balaban J connectivity index is 2.10. The van der Waals surface area contributed by atoms with Gasteiger partial charge in [0.05, 0.1) is 12.2 Å². The highest BCUT2D eigenvalue weighted by atomic mass is 32.1. The van der Waals surface area contributed by atoms with Gasteiger partial charge in [0.1, 0.15) is 5.01 Å². The highest BCUT2D eigenvalue weighted by Gasteiger charge is 2.12. The van der Waals surface area contributed by atoms with Gasteiger partial charge >= 0.3 is 6.03 Å². The summed E-state index contributed by atoms with van der Waals surface area (Å²) in [5, 5.41) is 6.69. The van der Waals surface area contributed by atoms with Crippen molar-refractivity contribution in [3.05, 3.63) is 40.4 Å². The number of urea groups is 1. The molecule has 112 valence electrons. The molecule has 0 aliphatic heterocycles. The molecule has 0 fully saturated rings. The number of amides is 2. The molecule has 4 nitrogen and oxygen atoms in total. The molecule has 2 aromatic rings. The van der Waals surface area contributed by atoms with Gasteiger partial charge in [0.2, 0.25) is 0 Å². The van der Waals surface area contributed by atoms with Crippen molar-refractivity contribution in [2.24, 2.45) is 0 Å². The molecule has 0 spiro atoms. The molecule has 2 N–H and O–H groups in total. The van der Waals surface area contributed by atoms with Gasteiger partial charge in [-0.15, -0.1) is 11.3 Å². The van der Waals surface area contributed by atoms with Crippen LogP contribution in [0.2, 0.25) is 0 Å². The lowest BCUT2D eigenvalue weighted by atomic mass is 10.1. The van der Waals surface area contributed by atoms with Gasteiger partial charge in [-0.3, -0.25) is 0 Å². The van der Waals surface area contributed by atoms with Crippen LogP contribution in [-0.2, 0) is 6.54 Å². The van der Waals surface area contributed by atoms with E-state index in [0.717, 1.165) is 21.1 Å². The van der Waals surface area contributed by atoms with Crippen molar-refractivity contribution in [2.75, 3.05) is 0 Å². The van der Waals surface area contributed by atoms with Gasteiger partial charge in [0.15, 0.2) is 0 Å². The summed E-state index contributed by atoms with van der Waals surface area (Å²) in [5.74, 6) is 0. The Bertz CT molecular complexity index is 634. The molecule has 2 amide bonds. The molecule has 5 heteroatoms. The molecule has 0 saturated heterocycles. The smallest absolute Gasteiger partial charge is 0.315 e. The number of carbonyl (C=O) groups is 1. The first-order valence-corrected chi connectivity index (χ1v) is 7.85. The van der Waals surface area contributed by atoms with Crippen molar-refractivity contribution < 1.29 is 4.79 Å². The molecule has 0 atom stereocenters. The molecule has 0 bridgehead atoms. The topological polar surface area (TPSA) is 54.0 Å². The summed E-state index contributed by atoms with van der Waals surface area (Å²) in [6.45, 7) is 8.45. The number of rotatable bonds is 4. The van der Waals surface area contributed by atoms with Crippen molar-refractivity contribution in [3.63, 3.8) is 0 Å². The normalized spacial score (nSPS) is 10.7. The number of aromatic nitrogens is 1. The number of hydrogen-bond acceptors (Lipinski definition) is 3. The summed E-state index contributed by atoms with van der Waals surface area (Å²) in [6, 6.07) is 8.20. The zero-order chi connectivity index (χ0) is 15.4. The van der Waals surface area contributed by atoms with E-state index in [1.54, 1.807) is 11.3 Å². The highest BCUT2D eigenvalue weighted by Crippen LogP contribution is 2.29. The van der Waals surface area contributed by atoms with Gasteiger partial charge in [-0.1, -0.05) is 24.3 Å². The molecule has 0 radical (unpaired) electrons. The summed E-state index contributed by atoms with van der Waals surface area (Å²) in [6.07, 6.45) is 0. The highest BCUT2D eigenvalue weighted by molar-refractivity contribution is 7.15. The van der Waals surface area contributed by atoms with Crippen LogP contribution >= 0.6 is 11.3 Å². The maximum atomic E-state index is 11.6. The van der Waals surface area contributed by atoms with Crippen molar-refractivity contribution >= 4 is 17.4 Å². The van der Waals surface area contributed by atoms with E-state index in [2.05, 4.69) is 34.7 Å². The first kappa shape index (κ1) is 15.5. The number of carbonyl (C=O) groups excluding carboxylic acids is 1. The van der Waals surface area contributed by atoms with E-state index in [1.807, 2.05) is 32.9 Å². The number of thiazole rings is 1. The Morgan fingerprint density at radius 2 is 2.00 bits per heavy atom. The van der Waals surface area contributed by atoms with Gasteiger partial charge in [-0.05, 0) is 33.3 Å². The van der Waals surface area contributed by atoms with Crippen LogP contribution < -0.4 is 10.6 Å². The zero-order valence-corrected chi connectivity index (χ0v) is 13.7. The molecular formula is C16H21N3OS. The van der Waals surface area contributed by atoms with Crippen LogP contribution in [0.3, 0.4) is 0 Å². The Morgan fingerprint density at radius 1 is 1.29 bits per heavy atom. The molecule has 2 rings (SSSR count). The summed E-state index contributed by atoms with van der Waals surface area (Å²) >= 11 is 1.63. The Morgan fingerprint density at radius 3 is 2.67 bits per heavy atom. The molecule has 21 heavy (non-hydrogen) atoms. The van der Waals surface area contributed by atoms with Gasteiger partial charge in [0, 0.05) is 16.5 Å². The quantitative estimate of drug-likeness (QED) is 0.906. The van der Waals surface area contributed by atoms with E-state index >= 15 is 0 Å². The molecule has 1 aromatic heterocycles. The molecule has 1 heterocycles. The zero-order valence-electron chi connectivity index (χ0n) is 12.9. The van der Waals surface area contributed by atoms with Crippen LogP contribution in [0.15, 0.2) is 24.3 Å². The fourth-order valence-electron chi connectivity index (χ4n) is 1.99. The Hall–Kier alpha value is -1.88. The van der Waals surface area contributed by atoms with Crippen LogP contribution in [0.1, 0.15) is 30.0 Å². The molecule has 0 aliphatic rings. The van der Waals surface area contributed by atoms with Gasteiger partial charge in [-0.2, -0.15) is 0 Å². The average molecular weight is 303 g/mol. The van der Waals surface area contributed by atoms with Crippen molar-refractivity contribution in [3.8, 4) is 10.6 Å². The minimum absolute atomic E-state index is 0.134. The number of benzene rings is 1. The summed E-state index contributed by atoms with van der Waals surface area (Å²) < 4.78 is 0. The average Bonchev–Trinajstić information content (AvgIpc) is 2.77. The second-order valence-corrected chi connectivity index (χ2v) is 6.41. The number of nitrogens with zero attached hydrogens (tertiary/aromatic N) is 1. The van der Waals surface area contributed by atoms with E-state index in [1.165, 1.54) is 5.56 Å². The minimum atomic E-state index is -0.143. The maximum Gasteiger partial charge on any atom is 0.315 e. The largest absolute Gasteiger partial charge is 0.336 e. The number of hydrogen-bond donors (Lipinski definition) is 2. The third kappa shape index (κ3) is 4.04. The minimum Gasteiger partial charge on any atom is -0.336 e. The predicted molar refractivity (Wildman–Crippen MR) is 87.5 cm³/mol. The molecular weight excluding hydrogens is 282 g/mol. The van der Waals surface area contributed by atoms with Crippen LogP contribution in [0, 0.1) is 13.8 Å². The monoisotopic (exact) mass is 303 g/mol. The Kier molecular flexibility index (Phi) is 4.96. The van der Waals surface area contributed by atoms with E-state index in [-0.39, 0.29) is 12.1 Å². The summed E-state index contributed by atoms with van der Waals surface area (Å²) in [5.41, 5.74) is 3.34. The fraction of sp³-hybridized carbons (Fsp3) is 0.375. The van der Waals surface area contributed by atoms with Gasteiger partial charge < -0.3 is 10.6 Å². The standard InChI is InChI=1S/C16H21N3OS/c1-10(2)18-16(20)17-9-14-12(4)19-15(21-14)13-8-6-5-7-11(13)3/h5-8,10H,9H2,1-4H3,(H2,17,18,20). The lowest BCUT2D eigenvalue weighted by Crippen LogP contribution is -2.38. The van der Waals surface area contributed by atoms with Crippen LogP contribution in [0.4, 0.5) is 4.79 Å². The molecule has 0 unspecified atom stereocenters. The lowest BCUT2D eigenvalue weighted by molar-refractivity contribution is 0.238. The fourth-order valence-corrected chi connectivity index (χ4v) is 3.09. The predicted octanol–water partition coefficient (Wildman–Crippen LogP) is 3.63. The van der Waals surface area contributed by atoms with Gasteiger partial charge in [-0.25, -0.2) is 9.78 Å². The third-order valence-corrected chi connectivity index (χ3v) is 4.29. The second kappa shape index (κ2) is 6.72. The lowest BCUT2D eigenvalue weighted by Gasteiger charge is -2.09. The number of aryl methyl sites for hydroxylation is 2. The van der Waals surface area contributed by atoms with Crippen molar-refractivity contribution in [1.82, 2.24) is 15.6 Å². The van der Waals surface area contributed by atoms with Crippen LogP contribution in [0.25, 0.3) is 10.6 Å². The summed E-state index contributed by atoms with van der Waals surface area (Å²) in [4.78, 5) is 17.3. The SMILES string of the molecule is Cc1ccccc1-c1nc(C)c(CNC(=O)NC(C)C)s1. The van der Waals surface area contributed by atoms with Crippen LogP contribution in [-0.4, -0.2) is 17.1 Å². The molecule has 0 aliphatic carbocycles. The van der Waals surface area contributed by atoms with Crippen molar-refractivity contribution in [1.29, 1.82) is 0 Å². The third-order valence-electron chi connectivity index (χ3n) is 3.10. The number of nitrogens with one attached hydrogen (secondary N) is 2. The molecule has 0 saturated carbocycles. The van der Waals surface area contributed by atoms with E-state index in [9.17, 15) is 4.79 Å². The first-order chi connectivity index (χ1) is 9.97. The van der Waals surface area contributed by atoms with E-state index in [4.69, 9.17) is 0 Å². The van der Waals surface area contributed by atoms with E-state index < -0.39 is 0 Å². The molecule has 1 aromatic carbocycles. The first-order valence-electron chi connectivity index (χ1n) is 7.04. The summed E-state index contributed by atoms with van der Waals surface area (Å²) in [7, 11) is 0. The van der Waals surface area contributed by atoms with Gasteiger partial charge in [0.25, 0.3) is 0 Å². The Labute approximate surface area is 129 Å². The van der Waals surface area contributed by atoms with Crippen LogP contribution in [0.5, 0.6) is 0 Å².